The number of guanidine groups is 1. The number of ether oxygens (including phenoxy) is 1. The summed E-state index contributed by atoms with van der Waals surface area (Å²) in [5.74, 6) is 2.00. The Labute approximate surface area is 197 Å². The molecule has 0 saturated carbocycles. The molecule has 0 radical (unpaired) electrons. The topological polar surface area (TPSA) is 53.0 Å². The van der Waals surface area contributed by atoms with Crippen molar-refractivity contribution in [2.75, 3.05) is 51.8 Å². The largest absolute Gasteiger partial charge is 0.381 e. The highest BCUT2D eigenvalue weighted by Gasteiger charge is 2.40. The lowest BCUT2D eigenvalue weighted by Crippen LogP contribution is -2.42. The van der Waals surface area contributed by atoms with E-state index in [2.05, 4.69) is 46.3 Å². The number of likely N-dealkylation sites (tertiary alicyclic amines) is 1. The Morgan fingerprint density at radius 3 is 2.73 bits per heavy atom. The smallest absolute Gasteiger partial charge is 0.194 e. The maximum Gasteiger partial charge on any atom is 0.194 e. The minimum atomic E-state index is 0. The Bertz CT molecular complexity index is 879. The summed E-state index contributed by atoms with van der Waals surface area (Å²) in [4.78, 5) is 14.3. The minimum absolute atomic E-state index is 0. The van der Waals surface area contributed by atoms with Crippen LogP contribution in [0.2, 0.25) is 0 Å². The van der Waals surface area contributed by atoms with Crippen molar-refractivity contribution in [3.8, 4) is 0 Å². The summed E-state index contributed by atoms with van der Waals surface area (Å²) in [6.07, 6.45) is 3.58. The summed E-state index contributed by atoms with van der Waals surface area (Å²) in [6.45, 7) is 7.63. The molecule has 6 nitrogen and oxygen atoms in total. The standard InChI is InChI=1S/C23H33N5O.HI/c1-4-24-22(28-12-9-23(17-28)10-13-29-14-11-23)25-16-18-15-21(27(2)3)26-20-8-6-5-7-19(18)20;/h5-8,15H,4,9-14,16-17H2,1-3H3,(H,24,25);1H. The number of aliphatic imine (C=N–C) groups is 1. The number of rotatable bonds is 4. The number of halogens is 1. The first-order chi connectivity index (χ1) is 14.1. The van der Waals surface area contributed by atoms with Gasteiger partial charge < -0.3 is 19.9 Å². The Morgan fingerprint density at radius 2 is 2.00 bits per heavy atom. The van der Waals surface area contributed by atoms with E-state index in [1.54, 1.807) is 0 Å². The van der Waals surface area contributed by atoms with Crippen molar-refractivity contribution >= 4 is 46.7 Å². The summed E-state index contributed by atoms with van der Waals surface area (Å²) >= 11 is 0. The van der Waals surface area contributed by atoms with Crippen LogP contribution in [0, 0.1) is 5.41 Å². The lowest BCUT2D eigenvalue weighted by atomic mass is 9.80. The Hall–Kier alpha value is -1.61. The Morgan fingerprint density at radius 1 is 1.23 bits per heavy atom. The van der Waals surface area contributed by atoms with Gasteiger partial charge in [-0.2, -0.15) is 0 Å². The van der Waals surface area contributed by atoms with E-state index in [4.69, 9.17) is 14.7 Å². The number of para-hydroxylation sites is 1. The summed E-state index contributed by atoms with van der Waals surface area (Å²) in [5.41, 5.74) is 2.65. The van der Waals surface area contributed by atoms with Gasteiger partial charge in [-0.25, -0.2) is 9.98 Å². The third-order valence-corrected chi connectivity index (χ3v) is 6.27. The van der Waals surface area contributed by atoms with E-state index in [0.29, 0.717) is 12.0 Å². The van der Waals surface area contributed by atoms with Gasteiger partial charge in [0.1, 0.15) is 5.82 Å². The second-order valence-electron chi connectivity index (χ2n) is 8.51. The molecule has 2 fully saturated rings. The number of hydrogen-bond donors (Lipinski definition) is 1. The third kappa shape index (κ3) is 4.99. The molecule has 2 aliphatic heterocycles. The number of benzene rings is 1. The summed E-state index contributed by atoms with van der Waals surface area (Å²) in [5, 5.41) is 4.70. The van der Waals surface area contributed by atoms with Crippen LogP contribution in [0.15, 0.2) is 35.3 Å². The molecule has 1 aromatic carbocycles. The predicted molar refractivity (Wildman–Crippen MR) is 135 cm³/mol. The van der Waals surface area contributed by atoms with Gasteiger partial charge in [-0.1, -0.05) is 18.2 Å². The quantitative estimate of drug-likeness (QED) is 0.375. The van der Waals surface area contributed by atoms with Crippen LogP contribution in [0.4, 0.5) is 5.82 Å². The van der Waals surface area contributed by atoms with Crippen molar-refractivity contribution in [2.45, 2.75) is 32.7 Å². The van der Waals surface area contributed by atoms with Gasteiger partial charge in [0.05, 0.1) is 12.1 Å². The van der Waals surface area contributed by atoms with Crippen LogP contribution in [-0.4, -0.2) is 62.8 Å². The lowest BCUT2D eigenvalue weighted by molar-refractivity contribution is 0.0217. The molecule has 0 unspecified atom stereocenters. The molecule has 1 spiro atoms. The number of anilines is 1. The van der Waals surface area contributed by atoms with E-state index in [0.717, 1.165) is 50.1 Å². The van der Waals surface area contributed by atoms with Gasteiger partial charge >= 0.3 is 0 Å². The van der Waals surface area contributed by atoms with Gasteiger partial charge in [0.15, 0.2) is 5.96 Å². The van der Waals surface area contributed by atoms with E-state index in [9.17, 15) is 0 Å². The Balaban J connectivity index is 0.00000256. The first-order valence-electron chi connectivity index (χ1n) is 10.8. The average molecular weight is 523 g/mol. The van der Waals surface area contributed by atoms with Crippen LogP contribution in [0.5, 0.6) is 0 Å². The van der Waals surface area contributed by atoms with Crippen molar-refractivity contribution in [2.24, 2.45) is 10.4 Å². The van der Waals surface area contributed by atoms with E-state index in [1.165, 1.54) is 30.2 Å². The molecule has 0 amide bonds. The molecular weight excluding hydrogens is 489 g/mol. The van der Waals surface area contributed by atoms with Crippen LogP contribution in [0.25, 0.3) is 10.9 Å². The van der Waals surface area contributed by atoms with Crippen molar-refractivity contribution in [3.05, 3.63) is 35.9 Å². The number of aromatic nitrogens is 1. The van der Waals surface area contributed by atoms with E-state index >= 15 is 0 Å². The van der Waals surface area contributed by atoms with Gasteiger partial charge in [0.25, 0.3) is 0 Å². The van der Waals surface area contributed by atoms with Gasteiger partial charge in [-0.15, -0.1) is 24.0 Å². The summed E-state index contributed by atoms with van der Waals surface area (Å²) in [7, 11) is 4.07. The fourth-order valence-corrected chi connectivity index (χ4v) is 4.51. The fourth-order valence-electron chi connectivity index (χ4n) is 4.51. The second-order valence-corrected chi connectivity index (χ2v) is 8.51. The van der Waals surface area contributed by atoms with Crippen molar-refractivity contribution in [3.63, 3.8) is 0 Å². The zero-order valence-electron chi connectivity index (χ0n) is 18.4. The first-order valence-corrected chi connectivity index (χ1v) is 10.8. The predicted octanol–water partition coefficient (Wildman–Crippen LogP) is 3.89. The van der Waals surface area contributed by atoms with E-state index in [-0.39, 0.29) is 24.0 Å². The molecular formula is C23H34IN5O. The lowest BCUT2D eigenvalue weighted by Gasteiger charge is -2.33. The molecule has 0 bridgehead atoms. The fraction of sp³-hybridized carbons (Fsp3) is 0.565. The van der Waals surface area contributed by atoms with Crippen LogP contribution in [0.3, 0.4) is 0 Å². The number of fused-ring (bicyclic) bond motifs is 1. The van der Waals surface area contributed by atoms with Gasteiger partial charge in [-0.3, -0.25) is 0 Å². The molecule has 7 heteroatoms. The van der Waals surface area contributed by atoms with Crippen molar-refractivity contribution < 1.29 is 4.74 Å². The highest BCUT2D eigenvalue weighted by atomic mass is 127. The number of nitrogens with zero attached hydrogens (tertiary/aromatic N) is 4. The molecule has 1 N–H and O–H groups in total. The van der Waals surface area contributed by atoms with Crippen LogP contribution >= 0.6 is 24.0 Å². The molecule has 4 rings (SSSR count). The monoisotopic (exact) mass is 523 g/mol. The summed E-state index contributed by atoms with van der Waals surface area (Å²) < 4.78 is 5.60. The minimum Gasteiger partial charge on any atom is -0.381 e. The highest BCUT2D eigenvalue weighted by molar-refractivity contribution is 14.0. The second kappa shape index (κ2) is 10.1. The molecule has 0 aliphatic carbocycles. The number of pyridine rings is 1. The SMILES string of the molecule is CCNC(=NCc1cc(N(C)C)nc2ccccc12)N1CCC2(CCOCC2)C1.I. The molecule has 30 heavy (non-hydrogen) atoms. The normalized spacial score (nSPS) is 18.5. The maximum absolute atomic E-state index is 5.60. The van der Waals surface area contributed by atoms with Gasteiger partial charge in [-0.05, 0) is 49.3 Å². The molecule has 2 aliphatic rings. The van der Waals surface area contributed by atoms with E-state index in [1.807, 2.05) is 20.2 Å². The molecule has 1 aromatic heterocycles. The number of hydrogen-bond acceptors (Lipinski definition) is 4. The van der Waals surface area contributed by atoms with Crippen LogP contribution in [-0.2, 0) is 11.3 Å². The van der Waals surface area contributed by atoms with Gasteiger partial charge in [0.2, 0.25) is 0 Å². The van der Waals surface area contributed by atoms with Crippen LogP contribution < -0.4 is 10.2 Å². The molecule has 2 aromatic rings. The molecule has 2 saturated heterocycles. The highest BCUT2D eigenvalue weighted by Crippen LogP contribution is 2.39. The van der Waals surface area contributed by atoms with Crippen LogP contribution in [0.1, 0.15) is 31.7 Å². The first kappa shape index (κ1) is 23.1. The Kier molecular flexibility index (Phi) is 7.79. The third-order valence-electron chi connectivity index (χ3n) is 6.27. The molecule has 164 valence electrons. The number of nitrogens with one attached hydrogen (secondary N) is 1. The zero-order chi connectivity index (χ0) is 20.3. The summed E-state index contributed by atoms with van der Waals surface area (Å²) in [6, 6.07) is 10.5. The van der Waals surface area contributed by atoms with Crippen molar-refractivity contribution in [1.82, 2.24) is 15.2 Å². The molecule has 3 heterocycles. The van der Waals surface area contributed by atoms with Crippen molar-refractivity contribution in [1.29, 1.82) is 0 Å². The maximum atomic E-state index is 5.60. The zero-order valence-corrected chi connectivity index (χ0v) is 20.7. The van der Waals surface area contributed by atoms with Gasteiger partial charge in [0, 0.05) is 52.3 Å². The molecule has 0 atom stereocenters. The van der Waals surface area contributed by atoms with E-state index < -0.39 is 0 Å². The average Bonchev–Trinajstić information content (AvgIpc) is 3.14.